The summed E-state index contributed by atoms with van der Waals surface area (Å²) in [4.78, 5) is 0. The first-order valence-electron chi connectivity index (χ1n) is 6.23. The summed E-state index contributed by atoms with van der Waals surface area (Å²) in [5.74, 6) is 1.06. The van der Waals surface area contributed by atoms with Crippen molar-refractivity contribution in [3.8, 4) is 0 Å². The van der Waals surface area contributed by atoms with Gasteiger partial charge in [-0.2, -0.15) is 0 Å². The Hall–Kier alpha value is -0.0700. The fourth-order valence-corrected chi connectivity index (χ4v) is 3.07. The first-order chi connectivity index (χ1) is 8.72. The number of nitrogens with one attached hydrogen (secondary N) is 1. The van der Waals surface area contributed by atoms with Gasteiger partial charge in [0, 0.05) is 8.04 Å². The second-order valence-corrected chi connectivity index (χ2v) is 6.35. The number of likely N-dealkylation sites (N-methyl/N-ethyl adjacent to an activating group) is 1. The minimum absolute atomic E-state index is 0.152. The quantitative estimate of drug-likeness (QED) is 0.727. The Labute approximate surface area is 130 Å². The normalized spacial score (nSPS) is 16.9. The van der Waals surface area contributed by atoms with Crippen LogP contribution in [0, 0.1) is 3.57 Å². The van der Waals surface area contributed by atoms with Gasteiger partial charge in [-0.25, -0.2) is 0 Å². The number of allylic oxidation sites excluding steroid dienone is 1. The number of hydrogen-bond donors (Lipinski definition) is 1. The molecule has 1 N–H and O–H groups in total. The van der Waals surface area contributed by atoms with Gasteiger partial charge in [-0.05, 0) is 71.8 Å². The Bertz CT molecular complexity index is 447. The Balaban J connectivity index is 2.34. The number of ether oxygens (including phenoxy) is 1. The molecule has 4 heteroatoms. The molecule has 1 aliphatic rings. The molecule has 0 spiro atoms. The van der Waals surface area contributed by atoms with E-state index in [1.54, 1.807) is 0 Å². The lowest BCUT2D eigenvalue weighted by Crippen LogP contribution is -2.25. The van der Waals surface area contributed by atoms with Gasteiger partial charge in [0.05, 0.1) is 12.6 Å². The van der Waals surface area contributed by atoms with E-state index in [-0.39, 0.29) is 6.04 Å². The third-order valence-electron chi connectivity index (χ3n) is 2.92. The van der Waals surface area contributed by atoms with Crippen molar-refractivity contribution in [1.29, 1.82) is 0 Å². The van der Waals surface area contributed by atoms with Crippen molar-refractivity contribution in [2.75, 3.05) is 13.2 Å². The highest BCUT2D eigenvalue weighted by molar-refractivity contribution is 14.1. The highest BCUT2D eigenvalue weighted by Gasteiger charge is 2.21. The number of rotatable bonds is 4. The Morgan fingerprint density at radius 1 is 1.50 bits per heavy atom. The highest BCUT2D eigenvalue weighted by atomic mass is 127. The van der Waals surface area contributed by atoms with Gasteiger partial charge in [0.15, 0.2) is 0 Å². The molecule has 1 aromatic rings. The summed E-state index contributed by atoms with van der Waals surface area (Å²) in [6.45, 7) is 3.87. The molecule has 2 nitrogen and oxygen atoms in total. The van der Waals surface area contributed by atoms with Crippen molar-refractivity contribution >= 4 is 38.5 Å². The van der Waals surface area contributed by atoms with Crippen molar-refractivity contribution < 1.29 is 4.74 Å². The fraction of sp³-hybridized carbons (Fsp3) is 0.429. The molecule has 1 atom stereocenters. The summed E-state index contributed by atoms with van der Waals surface area (Å²) in [6.07, 6.45) is 4.44. The summed E-state index contributed by atoms with van der Waals surface area (Å²) >= 11 is 5.99. The van der Waals surface area contributed by atoms with Crippen LogP contribution in [0.4, 0.5) is 0 Å². The van der Waals surface area contributed by atoms with E-state index in [4.69, 9.17) is 4.74 Å². The standard InChI is InChI=1S/C14H17BrINO/c1-2-17-14(13-5-3-4-8-18-13)11-9-10(16)6-7-12(11)15/h5-7,9,14,17H,2-4,8H2,1H3. The molecular weight excluding hydrogens is 405 g/mol. The van der Waals surface area contributed by atoms with Gasteiger partial charge in [-0.1, -0.05) is 22.9 Å². The Kier molecular flexibility index (Phi) is 5.51. The first kappa shape index (κ1) is 14.3. The van der Waals surface area contributed by atoms with Crippen molar-refractivity contribution in [1.82, 2.24) is 5.32 Å². The maximum atomic E-state index is 5.82. The zero-order chi connectivity index (χ0) is 13.0. The molecule has 0 saturated heterocycles. The van der Waals surface area contributed by atoms with E-state index >= 15 is 0 Å². The lowest BCUT2D eigenvalue weighted by Gasteiger charge is -2.25. The smallest absolute Gasteiger partial charge is 0.113 e. The van der Waals surface area contributed by atoms with Crippen LogP contribution in [0.15, 0.2) is 34.5 Å². The van der Waals surface area contributed by atoms with E-state index < -0.39 is 0 Å². The molecule has 1 aliphatic heterocycles. The Morgan fingerprint density at radius 2 is 2.33 bits per heavy atom. The van der Waals surface area contributed by atoms with Gasteiger partial charge >= 0.3 is 0 Å². The van der Waals surface area contributed by atoms with Crippen molar-refractivity contribution in [2.24, 2.45) is 0 Å². The lowest BCUT2D eigenvalue weighted by atomic mass is 10.0. The lowest BCUT2D eigenvalue weighted by molar-refractivity contribution is 0.168. The van der Waals surface area contributed by atoms with Crippen molar-refractivity contribution in [3.05, 3.63) is 43.6 Å². The predicted octanol–water partition coefficient (Wildman–Crippen LogP) is 4.40. The van der Waals surface area contributed by atoms with Crippen LogP contribution < -0.4 is 5.32 Å². The van der Waals surface area contributed by atoms with E-state index in [9.17, 15) is 0 Å². The van der Waals surface area contributed by atoms with Gasteiger partial charge in [0.25, 0.3) is 0 Å². The van der Waals surface area contributed by atoms with Gasteiger partial charge in [0.2, 0.25) is 0 Å². The summed E-state index contributed by atoms with van der Waals surface area (Å²) in [5, 5.41) is 3.51. The van der Waals surface area contributed by atoms with Crippen LogP contribution in [0.25, 0.3) is 0 Å². The van der Waals surface area contributed by atoms with Gasteiger partial charge < -0.3 is 10.1 Å². The minimum atomic E-state index is 0.152. The summed E-state index contributed by atoms with van der Waals surface area (Å²) in [6, 6.07) is 6.56. The topological polar surface area (TPSA) is 21.3 Å². The zero-order valence-electron chi connectivity index (χ0n) is 10.4. The number of benzene rings is 1. The molecule has 1 heterocycles. The largest absolute Gasteiger partial charge is 0.496 e. The van der Waals surface area contributed by atoms with Crippen LogP contribution >= 0.6 is 38.5 Å². The van der Waals surface area contributed by atoms with E-state index in [2.05, 4.69) is 75.0 Å². The third kappa shape index (κ3) is 3.48. The van der Waals surface area contributed by atoms with Crippen LogP contribution in [0.2, 0.25) is 0 Å². The van der Waals surface area contributed by atoms with E-state index in [1.807, 2.05) is 0 Å². The predicted molar refractivity (Wildman–Crippen MR) is 86.5 cm³/mol. The molecular formula is C14H17BrINO. The SMILES string of the molecule is CCNC(C1=CCCCO1)c1cc(I)ccc1Br. The maximum absolute atomic E-state index is 5.82. The van der Waals surface area contributed by atoms with Crippen LogP contribution in [0.5, 0.6) is 0 Å². The molecule has 0 amide bonds. The number of halogens is 2. The zero-order valence-corrected chi connectivity index (χ0v) is 14.1. The first-order valence-corrected chi connectivity index (χ1v) is 8.10. The average molecular weight is 422 g/mol. The maximum Gasteiger partial charge on any atom is 0.113 e. The van der Waals surface area contributed by atoms with E-state index in [1.165, 1.54) is 9.13 Å². The second kappa shape index (κ2) is 6.91. The molecule has 0 aromatic heterocycles. The molecule has 2 rings (SSSR count). The molecule has 1 unspecified atom stereocenters. The van der Waals surface area contributed by atoms with E-state index in [0.717, 1.165) is 36.2 Å². The summed E-state index contributed by atoms with van der Waals surface area (Å²) in [5.41, 5.74) is 1.25. The van der Waals surface area contributed by atoms with Crippen LogP contribution in [0.1, 0.15) is 31.4 Å². The molecule has 0 bridgehead atoms. The minimum Gasteiger partial charge on any atom is -0.496 e. The summed E-state index contributed by atoms with van der Waals surface area (Å²) < 4.78 is 8.19. The van der Waals surface area contributed by atoms with E-state index in [0.29, 0.717) is 0 Å². The average Bonchev–Trinajstić information content (AvgIpc) is 2.40. The number of hydrogen-bond acceptors (Lipinski definition) is 2. The van der Waals surface area contributed by atoms with Gasteiger partial charge in [-0.3, -0.25) is 0 Å². The monoisotopic (exact) mass is 421 g/mol. The molecule has 0 aliphatic carbocycles. The molecule has 1 aromatic carbocycles. The van der Waals surface area contributed by atoms with Crippen molar-refractivity contribution in [3.63, 3.8) is 0 Å². The molecule has 0 saturated carbocycles. The van der Waals surface area contributed by atoms with Crippen LogP contribution in [0.3, 0.4) is 0 Å². The van der Waals surface area contributed by atoms with Crippen LogP contribution in [-0.4, -0.2) is 13.2 Å². The summed E-state index contributed by atoms with van der Waals surface area (Å²) in [7, 11) is 0. The van der Waals surface area contributed by atoms with Crippen molar-refractivity contribution in [2.45, 2.75) is 25.8 Å². The Morgan fingerprint density at radius 3 is 3.00 bits per heavy atom. The molecule has 0 fully saturated rings. The van der Waals surface area contributed by atoms with Gasteiger partial charge in [-0.15, -0.1) is 0 Å². The van der Waals surface area contributed by atoms with Crippen LogP contribution in [-0.2, 0) is 4.74 Å². The highest BCUT2D eigenvalue weighted by Crippen LogP contribution is 2.32. The fourth-order valence-electron chi connectivity index (χ4n) is 2.08. The van der Waals surface area contributed by atoms with Gasteiger partial charge in [0.1, 0.15) is 5.76 Å². The molecule has 0 radical (unpaired) electrons. The molecule has 18 heavy (non-hydrogen) atoms. The third-order valence-corrected chi connectivity index (χ3v) is 4.32. The second-order valence-electron chi connectivity index (χ2n) is 4.25. The molecule has 98 valence electrons.